The molecule has 1 heterocycles. The third kappa shape index (κ3) is 4.42. The first kappa shape index (κ1) is 21.7. The molecule has 2 aromatic carbocycles. The van der Waals surface area contributed by atoms with Gasteiger partial charge in [-0.3, -0.25) is 5.43 Å². The van der Waals surface area contributed by atoms with E-state index < -0.39 is 5.97 Å². The normalized spacial score (nSPS) is 17.6. The van der Waals surface area contributed by atoms with E-state index in [4.69, 9.17) is 9.84 Å². The highest BCUT2D eigenvalue weighted by Gasteiger charge is 2.36. The molecule has 2 N–H and O–H groups in total. The molecular formula is C24H31N3O3. The van der Waals surface area contributed by atoms with E-state index in [1.807, 2.05) is 0 Å². The zero-order chi connectivity index (χ0) is 21.9. The van der Waals surface area contributed by atoms with Gasteiger partial charge in [-0.1, -0.05) is 13.8 Å². The van der Waals surface area contributed by atoms with Gasteiger partial charge in [-0.15, -0.1) is 0 Å². The number of benzene rings is 2. The molecule has 1 atom stereocenters. The van der Waals surface area contributed by atoms with Gasteiger partial charge in [0.05, 0.1) is 24.6 Å². The van der Waals surface area contributed by atoms with Gasteiger partial charge in [-0.05, 0) is 68.5 Å². The van der Waals surface area contributed by atoms with Crippen molar-refractivity contribution in [1.29, 1.82) is 0 Å². The molecule has 0 aliphatic carbocycles. The Labute approximate surface area is 178 Å². The SMILES string of the molecule is CCCN1c2cc(OC)c(/C=N/Nc3ccc(C(=O)O)cc3)cc2C(C)CC1(C)C. The molecule has 0 bridgehead atoms. The lowest BCUT2D eigenvalue weighted by molar-refractivity contribution is 0.0697. The lowest BCUT2D eigenvalue weighted by Gasteiger charge is -2.47. The maximum absolute atomic E-state index is 11.0. The van der Waals surface area contributed by atoms with Crippen LogP contribution in [0.5, 0.6) is 5.75 Å². The molecule has 1 aliphatic heterocycles. The summed E-state index contributed by atoms with van der Waals surface area (Å²) in [7, 11) is 1.68. The number of rotatable bonds is 7. The molecular weight excluding hydrogens is 378 g/mol. The zero-order valence-electron chi connectivity index (χ0n) is 18.4. The van der Waals surface area contributed by atoms with E-state index in [0.29, 0.717) is 5.92 Å². The molecule has 0 aromatic heterocycles. The molecule has 0 fully saturated rings. The Bertz CT molecular complexity index is 935. The third-order valence-corrected chi connectivity index (χ3v) is 5.71. The van der Waals surface area contributed by atoms with Crippen LogP contribution in [0, 0.1) is 0 Å². The van der Waals surface area contributed by atoms with Gasteiger partial charge in [0.1, 0.15) is 5.75 Å². The molecule has 1 aliphatic rings. The number of carboxylic acids is 1. The Morgan fingerprint density at radius 1 is 1.33 bits per heavy atom. The summed E-state index contributed by atoms with van der Waals surface area (Å²) in [5, 5.41) is 13.3. The van der Waals surface area contributed by atoms with Crippen molar-refractivity contribution in [3.63, 3.8) is 0 Å². The lowest BCUT2D eigenvalue weighted by atomic mass is 9.79. The molecule has 3 rings (SSSR count). The molecule has 6 heteroatoms. The Kier molecular flexibility index (Phi) is 6.34. The number of ether oxygens (including phenoxy) is 1. The van der Waals surface area contributed by atoms with Crippen LogP contribution in [-0.4, -0.2) is 36.5 Å². The highest BCUT2D eigenvalue weighted by Crippen LogP contribution is 2.45. The van der Waals surface area contributed by atoms with Crippen LogP contribution in [0.4, 0.5) is 11.4 Å². The summed E-state index contributed by atoms with van der Waals surface area (Å²) < 4.78 is 5.68. The first-order valence-electron chi connectivity index (χ1n) is 10.4. The molecule has 0 amide bonds. The minimum absolute atomic E-state index is 0.104. The number of hydrogen-bond donors (Lipinski definition) is 2. The van der Waals surface area contributed by atoms with Crippen LogP contribution in [0.15, 0.2) is 41.5 Å². The zero-order valence-corrected chi connectivity index (χ0v) is 18.4. The quantitative estimate of drug-likeness (QED) is 0.477. The molecule has 0 saturated carbocycles. The number of fused-ring (bicyclic) bond motifs is 1. The molecule has 6 nitrogen and oxygen atoms in total. The largest absolute Gasteiger partial charge is 0.496 e. The van der Waals surface area contributed by atoms with Gasteiger partial charge in [0.15, 0.2) is 0 Å². The second-order valence-corrected chi connectivity index (χ2v) is 8.47. The molecule has 1 unspecified atom stereocenters. The van der Waals surface area contributed by atoms with E-state index in [2.05, 4.69) is 55.3 Å². The summed E-state index contributed by atoms with van der Waals surface area (Å²) in [6.07, 6.45) is 3.94. The average molecular weight is 410 g/mol. The van der Waals surface area contributed by atoms with Crippen LogP contribution in [0.3, 0.4) is 0 Å². The molecule has 30 heavy (non-hydrogen) atoms. The number of hydrazone groups is 1. The van der Waals surface area contributed by atoms with Gasteiger partial charge < -0.3 is 14.7 Å². The topological polar surface area (TPSA) is 74.2 Å². The number of nitrogens with one attached hydrogen (secondary N) is 1. The minimum Gasteiger partial charge on any atom is -0.496 e. The average Bonchev–Trinajstić information content (AvgIpc) is 2.71. The van der Waals surface area contributed by atoms with E-state index in [-0.39, 0.29) is 11.1 Å². The number of aromatic carboxylic acids is 1. The van der Waals surface area contributed by atoms with Crippen molar-refractivity contribution in [3.05, 3.63) is 53.1 Å². The van der Waals surface area contributed by atoms with Crippen LogP contribution in [0.2, 0.25) is 0 Å². The van der Waals surface area contributed by atoms with Crippen molar-refractivity contribution < 1.29 is 14.6 Å². The second kappa shape index (κ2) is 8.78. The fraction of sp³-hybridized carbons (Fsp3) is 0.417. The number of methoxy groups -OCH3 is 1. The van der Waals surface area contributed by atoms with Crippen LogP contribution < -0.4 is 15.1 Å². The standard InChI is InChI=1S/C24H31N3O3/c1-6-11-27-21-13-22(30-5)18(12-20(21)16(2)14-24(27,3)4)15-25-26-19-9-7-17(8-10-19)23(28)29/h7-10,12-13,15-16,26H,6,11,14H2,1-5H3,(H,28,29)/b25-15+. The number of anilines is 2. The highest BCUT2D eigenvalue weighted by atomic mass is 16.5. The predicted molar refractivity (Wildman–Crippen MR) is 122 cm³/mol. The smallest absolute Gasteiger partial charge is 0.335 e. The number of hydrogen-bond acceptors (Lipinski definition) is 5. The lowest BCUT2D eigenvalue weighted by Crippen LogP contribution is -2.48. The fourth-order valence-corrected chi connectivity index (χ4v) is 4.32. The Morgan fingerprint density at radius 2 is 2.03 bits per heavy atom. The minimum atomic E-state index is -0.946. The van der Waals surface area contributed by atoms with Gasteiger partial charge in [0.2, 0.25) is 0 Å². The Morgan fingerprint density at radius 3 is 2.63 bits per heavy atom. The summed E-state index contributed by atoms with van der Waals surface area (Å²) in [5.41, 5.74) is 7.49. The Balaban J connectivity index is 1.88. The summed E-state index contributed by atoms with van der Waals surface area (Å²) in [5.74, 6) is 0.280. The van der Waals surface area contributed by atoms with Gasteiger partial charge in [0.25, 0.3) is 0 Å². The highest BCUT2D eigenvalue weighted by molar-refractivity contribution is 5.88. The van der Waals surface area contributed by atoms with Gasteiger partial charge in [0, 0.05) is 29.4 Å². The maximum Gasteiger partial charge on any atom is 0.335 e. The van der Waals surface area contributed by atoms with Crippen molar-refractivity contribution in [2.75, 3.05) is 24.0 Å². The number of nitrogens with zero attached hydrogens (tertiary/aromatic N) is 2. The van der Waals surface area contributed by atoms with Crippen molar-refractivity contribution >= 4 is 23.6 Å². The monoisotopic (exact) mass is 409 g/mol. The van der Waals surface area contributed by atoms with Crippen LogP contribution >= 0.6 is 0 Å². The van der Waals surface area contributed by atoms with E-state index in [9.17, 15) is 4.79 Å². The van der Waals surface area contributed by atoms with Crippen molar-refractivity contribution in [2.45, 2.75) is 52.0 Å². The van der Waals surface area contributed by atoms with Crippen LogP contribution in [0.1, 0.15) is 67.9 Å². The molecule has 0 saturated heterocycles. The fourth-order valence-electron chi connectivity index (χ4n) is 4.32. The van der Waals surface area contributed by atoms with E-state index in [1.54, 1.807) is 37.6 Å². The van der Waals surface area contributed by atoms with Gasteiger partial charge in [-0.2, -0.15) is 5.10 Å². The van der Waals surface area contributed by atoms with Crippen LogP contribution in [0.25, 0.3) is 0 Å². The molecule has 0 radical (unpaired) electrons. The first-order valence-corrected chi connectivity index (χ1v) is 10.4. The van der Waals surface area contributed by atoms with Gasteiger partial charge >= 0.3 is 5.97 Å². The summed E-state index contributed by atoms with van der Waals surface area (Å²) in [6, 6.07) is 10.8. The summed E-state index contributed by atoms with van der Waals surface area (Å²) >= 11 is 0. The summed E-state index contributed by atoms with van der Waals surface area (Å²) in [4.78, 5) is 13.5. The van der Waals surface area contributed by atoms with Crippen molar-refractivity contribution in [1.82, 2.24) is 0 Å². The third-order valence-electron chi connectivity index (χ3n) is 5.71. The maximum atomic E-state index is 11.0. The first-order chi connectivity index (χ1) is 14.3. The predicted octanol–water partition coefficient (Wildman–Crippen LogP) is 5.34. The van der Waals surface area contributed by atoms with E-state index in [1.165, 1.54) is 11.3 Å². The van der Waals surface area contributed by atoms with E-state index in [0.717, 1.165) is 36.4 Å². The molecule has 0 spiro atoms. The number of carboxylic acid groups (broad SMARTS) is 1. The Hall–Kier alpha value is -3.02. The molecule has 2 aromatic rings. The number of carbonyl (C=O) groups is 1. The molecule has 160 valence electrons. The van der Waals surface area contributed by atoms with E-state index >= 15 is 0 Å². The van der Waals surface area contributed by atoms with Gasteiger partial charge in [-0.25, -0.2) is 4.79 Å². The van der Waals surface area contributed by atoms with Crippen molar-refractivity contribution in [2.24, 2.45) is 5.10 Å². The summed E-state index contributed by atoms with van der Waals surface area (Å²) in [6.45, 7) is 10.1. The van der Waals surface area contributed by atoms with Crippen molar-refractivity contribution in [3.8, 4) is 5.75 Å². The van der Waals surface area contributed by atoms with Crippen LogP contribution in [-0.2, 0) is 0 Å². The second-order valence-electron chi connectivity index (χ2n) is 8.47.